The molecule has 2 bridgehead atoms. The summed E-state index contributed by atoms with van der Waals surface area (Å²) in [7, 11) is 1.71. The third-order valence-electron chi connectivity index (χ3n) is 5.60. The Morgan fingerprint density at radius 1 is 1.18 bits per heavy atom. The zero-order valence-electron chi connectivity index (χ0n) is 15.7. The molecule has 3 fully saturated rings. The lowest BCUT2D eigenvalue weighted by Gasteiger charge is -2.57. The van der Waals surface area contributed by atoms with Gasteiger partial charge in [0.2, 0.25) is 0 Å². The van der Waals surface area contributed by atoms with E-state index in [1.54, 1.807) is 13.4 Å². The third kappa shape index (κ3) is 3.17. The fourth-order valence-electron chi connectivity index (χ4n) is 4.38. The Balaban J connectivity index is 1.33. The summed E-state index contributed by atoms with van der Waals surface area (Å²) in [5, 5.41) is 0. The molecule has 0 spiro atoms. The maximum absolute atomic E-state index is 5.19. The Kier molecular flexibility index (Phi) is 4.73. The van der Waals surface area contributed by atoms with E-state index in [1.807, 2.05) is 23.3 Å². The average Bonchev–Trinajstić information content (AvgIpc) is 3.10. The van der Waals surface area contributed by atoms with Crippen LogP contribution >= 0.6 is 15.9 Å². The molecule has 3 aromatic heterocycles. The quantitative estimate of drug-likeness (QED) is 0.577. The van der Waals surface area contributed by atoms with E-state index in [2.05, 4.69) is 51.7 Å². The molecule has 2 atom stereocenters. The van der Waals surface area contributed by atoms with E-state index in [9.17, 15) is 0 Å². The van der Waals surface area contributed by atoms with E-state index >= 15 is 0 Å². The summed E-state index contributed by atoms with van der Waals surface area (Å²) >= 11 is 3.51. The second-order valence-corrected chi connectivity index (χ2v) is 8.37. The van der Waals surface area contributed by atoms with Crippen molar-refractivity contribution in [3.8, 4) is 0 Å². The van der Waals surface area contributed by atoms with Gasteiger partial charge in [-0.25, -0.2) is 15.0 Å². The van der Waals surface area contributed by atoms with Gasteiger partial charge in [-0.2, -0.15) is 0 Å². The number of anilines is 1. The number of aromatic nitrogens is 5. The molecule has 9 heteroatoms. The van der Waals surface area contributed by atoms with Crippen LogP contribution in [0.4, 0.5) is 5.82 Å². The van der Waals surface area contributed by atoms with Gasteiger partial charge in [0.05, 0.1) is 12.9 Å². The summed E-state index contributed by atoms with van der Waals surface area (Å²) in [5.41, 5.74) is 3.01. The van der Waals surface area contributed by atoms with Crippen LogP contribution in [0.5, 0.6) is 0 Å². The van der Waals surface area contributed by atoms with E-state index in [1.165, 1.54) is 12.0 Å². The average molecular weight is 444 g/mol. The van der Waals surface area contributed by atoms with Gasteiger partial charge < -0.3 is 14.2 Å². The number of pyridine rings is 1. The Labute approximate surface area is 171 Å². The van der Waals surface area contributed by atoms with E-state index < -0.39 is 0 Å². The van der Waals surface area contributed by atoms with Gasteiger partial charge in [-0.3, -0.25) is 9.88 Å². The van der Waals surface area contributed by atoms with Crippen molar-refractivity contribution in [3.05, 3.63) is 41.2 Å². The van der Waals surface area contributed by atoms with Gasteiger partial charge in [0.25, 0.3) is 0 Å². The van der Waals surface area contributed by atoms with Crippen molar-refractivity contribution >= 4 is 32.9 Å². The first-order valence-corrected chi connectivity index (χ1v) is 10.3. The fourth-order valence-corrected chi connectivity index (χ4v) is 4.80. The maximum Gasteiger partial charge on any atom is 0.165 e. The first-order valence-electron chi connectivity index (χ1n) is 9.48. The van der Waals surface area contributed by atoms with Crippen LogP contribution in [0.2, 0.25) is 0 Å². The molecule has 6 heterocycles. The van der Waals surface area contributed by atoms with Crippen LogP contribution in [0, 0.1) is 0 Å². The molecule has 146 valence electrons. The molecule has 0 aliphatic carbocycles. The largest absolute Gasteiger partial charge is 0.383 e. The molecule has 6 rings (SSSR count). The van der Waals surface area contributed by atoms with E-state index in [0.717, 1.165) is 47.6 Å². The molecule has 0 saturated carbocycles. The third-order valence-corrected chi connectivity index (χ3v) is 6.03. The molecule has 0 amide bonds. The van der Waals surface area contributed by atoms with Gasteiger partial charge >= 0.3 is 0 Å². The zero-order valence-corrected chi connectivity index (χ0v) is 17.3. The summed E-state index contributed by atoms with van der Waals surface area (Å²) in [6.07, 6.45) is 8.48. The predicted molar refractivity (Wildman–Crippen MR) is 109 cm³/mol. The minimum atomic E-state index is 0.473. The predicted octanol–water partition coefficient (Wildman–Crippen LogP) is 2.09. The maximum atomic E-state index is 5.19. The number of methoxy groups -OCH3 is 1. The molecule has 0 aromatic carbocycles. The van der Waals surface area contributed by atoms with Crippen molar-refractivity contribution < 1.29 is 4.74 Å². The molecular formula is C19H22BrN7O. The minimum Gasteiger partial charge on any atom is -0.383 e. The first-order chi connectivity index (χ1) is 13.7. The van der Waals surface area contributed by atoms with Crippen LogP contribution in [0.3, 0.4) is 0 Å². The van der Waals surface area contributed by atoms with Gasteiger partial charge in [-0.1, -0.05) is 0 Å². The summed E-state index contributed by atoms with van der Waals surface area (Å²) < 4.78 is 8.25. The van der Waals surface area contributed by atoms with Gasteiger partial charge in [0, 0.05) is 62.2 Å². The summed E-state index contributed by atoms with van der Waals surface area (Å²) in [6.45, 7) is 4.36. The normalized spacial score (nSPS) is 21.9. The number of halogens is 1. The lowest BCUT2D eigenvalue weighted by molar-refractivity contribution is 0.108. The Morgan fingerprint density at radius 2 is 2.04 bits per heavy atom. The van der Waals surface area contributed by atoms with Crippen LogP contribution in [0.1, 0.15) is 12.0 Å². The van der Waals surface area contributed by atoms with E-state index in [0.29, 0.717) is 18.7 Å². The lowest BCUT2D eigenvalue weighted by atomic mass is 9.87. The first kappa shape index (κ1) is 18.0. The molecule has 3 saturated heterocycles. The molecule has 3 aliphatic heterocycles. The van der Waals surface area contributed by atoms with Crippen molar-refractivity contribution in [2.45, 2.75) is 31.6 Å². The number of piperidine rings is 1. The number of piperazine rings is 1. The van der Waals surface area contributed by atoms with Gasteiger partial charge in [-0.05, 0) is 34.0 Å². The number of ether oxygens (including phenoxy) is 1. The van der Waals surface area contributed by atoms with Crippen LogP contribution in [0.25, 0.3) is 11.2 Å². The number of hydrogen-bond acceptors (Lipinski definition) is 7. The van der Waals surface area contributed by atoms with Crippen LogP contribution in [-0.4, -0.2) is 68.3 Å². The molecule has 0 radical (unpaired) electrons. The summed E-state index contributed by atoms with van der Waals surface area (Å²) in [5.74, 6) is 0.964. The Bertz CT molecular complexity index is 981. The highest BCUT2D eigenvalue weighted by Gasteiger charge is 2.46. The van der Waals surface area contributed by atoms with Crippen LogP contribution in [-0.2, 0) is 17.8 Å². The monoisotopic (exact) mass is 443 g/mol. The second kappa shape index (κ2) is 7.38. The van der Waals surface area contributed by atoms with Gasteiger partial charge in [0.1, 0.15) is 6.33 Å². The zero-order chi connectivity index (χ0) is 19.1. The SMILES string of the molecule is COCCn1cnc2c(N3C4CC3CN(Cc3cncc(Br)c3)C4)ncnc21. The number of hydrogen-bond donors (Lipinski definition) is 0. The highest BCUT2D eigenvalue weighted by molar-refractivity contribution is 9.10. The summed E-state index contributed by atoms with van der Waals surface area (Å²) in [4.78, 5) is 22.9. The topological polar surface area (TPSA) is 72.2 Å². The van der Waals surface area contributed by atoms with Gasteiger partial charge in [-0.15, -0.1) is 0 Å². The molecular weight excluding hydrogens is 422 g/mol. The highest BCUT2D eigenvalue weighted by Crippen LogP contribution is 2.38. The van der Waals surface area contributed by atoms with E-state index in [-0.39, 0.29) is 0 Å². The van der Waals surface area contributed by atoms with Crippen molar-refractivity contribution in [2.24, 2.45) is 0 Å². The fraction of sp³-hybridized carbons (Fsp3) is 0.474. The lowest BCUT2D eigenvalue weighted by Crippen LogP contribution is -2.69. The van der Waals surface area contributed by atoms with E-state index in [4.69, 9.17) is 4.74 Å². The minimum absolute atomic E-state index is 0.473. The van der Waals surface area contributed by atoms with Crippen molar-refractivity contribution in [1.82, 2.24) is 29.4 Å². The number of nitrogens with zero attached hydrogens (tertiary/aromatic N) is 7. The van der Waals surface area contributed by atoms with Crippen molar-refractivity contribution in [3.63, 3.8) is 0 Å². The number of imidazole rings is 1. The highest BCUT2D eigenvalue weighted by atomic mass is 79.9. The Morgan fingerprint density at radius 3 is 2.82 bits per heavy atom. The second-order valence-electron chi connectivity index (χ2n) is 7.46. The van der Waals surface area contributed by atoms with Crippen molar-refractivity contribution in [2.75, 3.05) is 31.7 Å². The van der Waals surface area contributed by atoms with Gasteiger partial charge in [0.15, 0.2) is 17.0 Å². The number of fused-ring (bicyclic) bond motifs is 3. The molecule has 28 heavy (non-hydrogen) atoms. The van der Waals surface area contributed by atoms with Crippen molar-refractivity contribution in [1.29, 1.82) is 0 Å². The molecule has 8 nitrogen and oxygen atoms in total. The van der Waals surface area contributed by atoms with Crippen LogP contribution < -0.4 is 4.90 Å². The molecule has 3 aromatic rings. The Hall–Kier alpha value is -2.10. The number of rotatable bonds is 6. The van der Waals surface area contributed by atoms with Crippen LogP contribution in [0.15, 0.2) is 35.6 Å². The smallest absolute Gasteiger partial charge is 0.165 e. The molecule has 3 aliphatic rings. The summed E-state index contributed by atoms with van der Waals surface area (Å²) in [6, 6.07) is 3.09. The molecule has 2 unspecified atom stereocenters. The standard InChI is InChI=1S/C19H22BrN7O/c1-28-3-2-26-12-24-17-18(26)22-11-23-19(17)27-15-5-16(27)10-25(9-15)8-13-4-14(20)7-21-6-13/h4,6-7,11-12,15-16H,2-3,5,8-10H2,1H3. The molecule has 0 N–H and O–H groups in total.